The van der Waals surface area contributed by atoms with Crippen LogP contribution in [0.25, 0.3) is 0 Å². The number of hydrogen-bond acceptors (Lipinski definition) is 3. The van der Waals surface area contributed by atoms with Gasteiger partial charge in [-0.2, -0.15) is 9.83 Å². The molecule has 0 unspecified atom stereocenters. The molecule has 22 heavy (non-hydrogen) atoms. The highest BCUT2D eigenvalue weighted by molar-refractivity contribution is 6.32. The molecule has 1 aromatic heterocycles. The number of benzene rings is 1. The lowest BCUT2D eigenvalue weighted by atomic mass is 10.2. The molecule has 0 saturated heterocycles. The normalized spacial score (nSPS) is 9.91. The number of hydrogen-bond donors (Lipinski definition) is 1. The molecule has 2 aromatic rings. The number of anilines is 2. The standard InChI is InChI=1S/C16H15ClN4O/c1-20(2)14-5-7-21(8-6-14)11-16(22)19-13-4-3-12(10-18)15(17)9-13/h3-9H,11H2,1-2H3/p+1. The highest BCUT2D eigenvalue weighted by Crippen LogP contribution is 2.20. The Bertz CT molecular complexity index is 720. The van der Waals surface area contributed by atoms with E-state index in [-0.39, 0.29) is 12.5 Å². The molecular formula is C16H16ClN4O+. The quantitative estimate of drug-likeness (QED) is 0.880. The van der Waals surface area contributed by atoms with Crippen molar-refractivity contribution in [3.63, 3.8) is 0 Å². The molecule has 0 radical (unpaired) electrons. The van der Waals surface area contributed by atoms with Crippen LogP contribution < -0.4 is 14.8 Å². The summed E-state index contributed by atoms with van der Waals surface area (Å²) in [5.74, 6) is -0.164. The van der Waals surface area contributed by atoms with Crippen molar-refractivity contribution in [2.75, 3.05) is 24.3 Å². The highest BCUT2D eigenvalue weighted by atomic mass is 35.5. The van der Waals surface area contributed by atoms with Crippen LogP contribution >= 0.6 is 11.6 Å². The molecule has 0 aliphatic carbocycles. The van der Waals surface area contributed by atoms with Crippen molar-refractivity contribution in [1.29, 1.82) is 5.26 Å². The van der Waals surface area contributed by atoms with Crippen molar-refractivity contribution >= 4 is 28.9 Å². The van der Waals surface area contributed by atoms with E-state index in [1.54, 1.807) is 22.8 Å². The number of pyridine rings is 1. The number of carbonyl (C=O) groups is 1. The summed E-state index contributed by atoms with van der Waals surface area (Å²) in [4.78, 5) is 14.0. The van der Waals surface area contributed by atoms with Gasteiger partial charge in [-0.15, -0.1) is 0 Å². The highest BCUT2D eigenvalue weighted by Gasteiger charge is 2.11. The van der Waals surface area contributed by atoms with Gasteiger partial charge in [0.05, 0.1) is 10.6 Å². The van der Waals surface area contributed by atoms with E-state index in [1.165, 1.54) is 0 Å². The van der Waals surface area contributed by atoms with E-state index in [4.69, 9.17) is 16.9 Å². The fraction of sp³-hybridized carbons (Fsp3) is 0.188. The van der Waals surface area contributed by atoms with Crippen molar-refractivity contribution in [2.24, 2.45) is 0 Å². The zero-order chi connectivity index (χ0) is 16.1. The van der Waals surface area contributed by atoms with Gasteiger partial charge in [-0.3, -0.25) is 4.79 Å². The molecule has 1 amide bonds. The maximum absolute atomic E-state index is 12.0. The molecule has 1 N–H and O–H groups in total. The van der Waals surface area contributed by atoms with Crippen LogP contribution in [0.3, 0.4) is 0 Å². The van der Waals surface area contributed by atoms with Crippen molar-refractivity contribution in [1.82, 2.24) is 0 Å². The van der Waals surface area contributed by atoms with Crippen LogP contribution in [0.15, 0.2) is 42.7 Å². The molecule has 0 saturated carbocycles. The largest absolute Gasteiger partial charge is 0.377 e. The predicted octanol–water partition coefficient (Wildman–Crippen LogP) is 2.20. The molecule has 0 atom stereocenters. The van der Waals surface area contributed by atoms with Gasteiger partial charge in [0, 0.05) is 37.6 Å². The first-order valence-electron chi connectivity index (χ1n) is 6.65. The monoisotopic (exact) mass is 315 g/mol. The van der Waals surface area contributed by atoms with Crippen LogP contribution in [0, 0.1) is 11.3 Å². The summed E-state index contributed by atoms with van der Waals surface area (Å²) in [5.41, 5.74) is 2.02. The van der Waals surface area contributed by atoms with Gasteiger partial charge in [0.1, 0.15) is 6.07 Å². The fourth-order valence-corrected chi connectivity index (χ4v) is 2.13. The SMILES string of the molecule is CN(C)c1cc[n+](CC(=O)Nc2ccc(C#N)c(Cl)c2)cc1. The summed E-state index contributed by atoms with van der Waals surface area (Å²) < 4.78 is 1.79. The van der Waals surface area contributed by atoms with Crippen LogP contribution in [0.2, 0.25) is 5.02 Å². The Hall–Kier alpha value is -2.58. The first-order valence-corrected chi connectivity index (χ1v) is 7.03. The Balaban J connectivity index is 2.01. The molecule has 0 fully saturated rings. The van der Waals surface area contributed by atoms with Crippen molar-refractivity contribution in [3.8, 4) is 6.07 Å². The average molecular weight is 316 g/mol. The maximum atomic E-state index is 12.0. The van der Waals surface area contributed by atoms with Crippen molar-refractivity contribution in [3.05, 3.63) is 53.3 Å². The summed E-state index contributed by atoms with van der Waals surface area (Å²) in [6.45, 7) is 0.200. The first kappa shape index (κ1) is 15.8. The van der Waals surface area contributed by atoms with E-state index >= 15 is 0 Å². The van der Waals surface area contributed by atoms with Gasteiger partial charge >= 0.3 is 0 Å². The number of nitrogens with one attached hydrogen (secondary N) is 1. The molecular weight excluding hydrogens is 300 g/mol. The summed E-state index contributed by atoms with van der Waals surface area (Å²) in [6, 6.07) is 10.7. The second kappa shape index (κ2) is 6.92. The third-order valence-corrected chi connectivity index (χ3v) is 3.40. The smallest absolute Gasteiger partial charge is 0.290 e. The third-order valence-electron chi connectivity index (χ3n) is 3.09. The lowest BCUT2D eigenvalue weighted by molar-refractivity contribution is -0.684. The second-order valence-electron chi connectivity index (χ2n) is 4.98. The summed E-state index contributed by atoms with van der Waals surface area (Å²) in [5, 5.41) is 11.9. The Labute approximate surface area is 134 Å². The number of nitrogens with zero attached hydrogens (tertiary/aromatic N) is 3. The lowest BCUT2D eigenvalue weighted by Crippen LogP contribution is -2.39. The fourth-order valence-electron chi connectivity index (χ4n) is 1.90. The van der Waals surface area contributed by atoms with Crippen LogP contribution in [0.4, 0.5) is 11.4 Å². The van der Waals surface area contributed by atoms with E-state index in [9.17, 15) is 4.79 Å². The number of halogens is 1. The van der Waals surface area contributed by atoms with Gasteiger partial charge < -0.3 is 10.2 Å². The Morgan fingerprint density at radius 2 is 2.00 bits per heavy atom. The van der Waals surface area contributed by atoms with E-state index in [1.807, 2.05) is 49.6 Å². The molecule has 1 aromatic carbocycles. The predicted molar refractivity (Wildman–Crippen MR) is 85.8 cm³/mol. The molecule has 1 heterocycles. The summed E-state index contributed by atoms with van der Waals surface area (Å²) in [7, 11) is 3.92. The van der Waals surface area contributed by atoms with Crippen molar-refractivity contribution in [2.45, 2.75) is 6.54 Å². The summed E-state index contributed by atoms with van der Waals surface area (Å²) >= 11 is 5.94. The zero-order valence-electron chi connectivity index (χ0n) is 12.4. The average Bonchev–Trinajstić information content (AvgIpc) is 2.48. The molecule has 0 aliphatic rings. The van der Waals surface area contributed by atoms with Gasteiger partial charge in [-0.1, -0.05) is 11.6 Å². The molecule has 112 valence electrons. The minimum absolute atomic E-state index is 0.164. The molecule has 0 bridgehead atoms. The van der Waals surface area contributed by atoms with Crippen LogP contribution in [-0.2, 0) is 11.3 Å². The van der Waals surface area contributed by atoms with Gasteiger partial charge in [0.15, 0.2) is 12.4 Å². The van der Waals surface area contributed by atoms with Crippen LogP contribution in [0.5, 0.6) is 0 Å². The molecule has 5 nitrogen and oxygen atoms in total. The first-order chi connectivity index (χ1) is 10.5. The van der Waals surface area contributed by atoms with Crippen LogP contribution in [-0.4, -0.2) is 20.0 Å². The number of nitriles is 1. The number of carbonyl (C=O) groups excluding carboxylic acids is 1. The van der Waals surface area contributed by atoms with E-state index in [2.05, 4.69) is 5.32 Å². The lowest BCUT2D eigenvalue weighted by Gasteiger charge is -2.10. The number of aromatic nitrogens is 1. The maximum Gasteiger partial charge on any atom is 0.290 e. The third kappa shape index (κ3) is 3.96. The van der Waals surface area contributed by atoms with Gasteiger partial charge in [0.2, 0.25) is 6.54 Å². The molecule has 0 spiro atoms. The Morgan fingerprint density at radius 3 is 2.55 bits per heavy atom. The number of amides is 1. The Kier molecular flexibility index (Phi) is 4.97. The second-order valence-corrected chi connectivity index (χ2v) is 5.38. The minimum atomic E-state index is -0.164. The molecule has 2 rings (SSSR count). The number of rotatable bonds is 4. The Morgan fingerprint density at radius 1 is 1.32 bits per heavy atom. The van der Waals surface area contributed by atoms with Gasteiger partial charge in [0.25, 0.3) is 5.91 Å². The van der Waals surface area contributed by atoms with E-state index < -0.39 is 0 Å². The minimum Gasteiger partial charge on any atom is -0.377 e. The zero-order valence-corrected chi connectivity index (χ0v) is 13.1. The van der Waals surface area contributed by atoms with Crippen molar-refractivity contribution < 1.29 is 9.36 Å². The van der Waals surface area contributed by atoms with E-state index in [0.717, 1.165) is 5.69 Å². The summed E-state index contributed by atoms with van der Waals surface area (Å²) in [6.07, 6.45) is 3.70. The van der Waals surface area contributed by atoms with Gasteiger partial charge in [-0.25, -0.2) is 0 Å². The topological polar surface area (TPSA) is 60.0 Å². The molecule has 6 heteroatoms. The van der Waals surface area contributed by atoms with Crippen LogP contribution in [0.1, 0.15) is 5.56 Å². The molecule has 0 aliphatic heterocycles. The van der Waals surface area contributed by atoms with Gasteiger partial charge in [-0.05, 0) is 18.2 Å². The van der Waals surface area contributed by atoms with E-state index in [0.29, 0.717) is 16.3 Å².